The summed E-state index contributed by atoms with van der Waals surface area (Å²) in [5.41, 5.74) is 0.810. The first-order chi connectivity index (χ1) is 10.3. The molecule has 1 amide bonds. The van der Waals surface area contributed by atoms with Gasteiger partial charge in [0.15, 0.2) is 0 Å². The van der Waals surface area contributed by atoms with E-state index in [2.05, 4.69) is 17.6 Å². The van der Waals surface area contributed by atoms with Crippen molar-refractivity contribution in [3.63, 3.8) is 0 Å². The highest BCUT2D eigenvalue weighted by Gasteiger charge is 2.14. The zero-order valence-corrected chi connectivity index (χ0v) is 12.9. The van der Waals surface area contributed by atoms with Crippen LogP contribution >= 0.6 is 0 Å². The van der Waals surface area contributed by atoms with Crippen LogP contribution in [0.1, 0.15) is 45.4 Å². The fourth-order valence-corrected chi connectivity index (χ4v) is 2.58. The number of hydrogen-bond acceptors (Lipinski definition) is 3. The van der Waals surface area contributed by atoms with E-state index in [1.165, 1.54) is 19.3 Å². The molecule has 0 aromatic heterocycles. The number of anilines is 1. The van der Waals surface area contributed by atoms with E-state index in [9.17, 15) is 4.79 Å². The molecule has 116 valence electrons. The van der Waals surface area contributed by atoms with Crippen LogP contribution in [-0.4, -0.2) is 25.1 Å². The summed E-state index contributed by atoms with van der Waals surface area (Å²) in [6.07, 6.45) is 6.18. The van der Waals surface area contributed by atoms with Crippen LogP contribution in [-0.2, 0) is 4.79 Å². The zero-order valence-electron chi connectivity index (χ0n) is 12.9. The van der Waals surface area contributed by atoms with E-state index in [0.717, 1.165) is 30.8 Å². The van der Waals surface area contributed by atoms with E-state index in [-0.39, 0.29) is 5.91 Å². The number of rotatable bonds is 7. The highest BCUT2D eigenvalue weighted by molar-refractivity contribution is 5.90. The minimum absolute atomic E-state index is 0.0787. The predicted molar refractivity (Wildman–Crippen MR) is 85.7 cm³/mol. The quantitative estimate of drug-likeness (QED) is 0.810. The third-order valence-corrected chi connectivity index (χ3v) is 3.72. The van der Waals surface area contributed by atoms with Crippen LogP contribution in [0.4, 0.5) is 5.69 Å². The van der Waals surface area contributed by atoms with Gasteiger partial charge in [0.1, 0.15) is 5.75 Å². The largest absolute Gasteiger partial charge is 0.494 e. The molecular formula is C17H26N2O2. The lowest BCUT2D eigenvalue weighted by Gasteiger charge is -2.23. The van der Waals surface area contributed by atoms with Crippen molar-refractivity contribution in [2.45, 2.75) is 51.5 Å². The molecule has 4 nitrogen and oxygen atoms in total. The summed E-state index contributed by atoms with van der Waals surface area (Å²) in [4.78, 5) is 12.0. The molecule has 2 N–H and O–H groups in total. The highest BCUT2D eigenvalue weighted by atomic mass is 16.5. The third-order valence-electron chi connectivity index (χ3n) is 3.72. The van der Waals surface area contributed by atoms with Crippen LogP contribution in [0.3, 0.4) is 0 Å². The molecule has 1 aromatic carbocycles. The van der Waals surface area contributed by atoms with Crippen LogP contribution in [0.15, 0.2) is 24.3 Å². The SMILES string of the molecule is CCCOc1cccc(NC(=O)CCC2CCCCN2)c1. The summed E-state index contributed by atoms with van der Waals surface area (Å²) < 4.78 is 5.57. The minimum atomic E-state index is 0.0787. The van der Waals surface area contributed by atoms with Gasteiger partial charge in [0.05, 0.1) is 6.61 Å². The van der Waals surface area contributed by atoms with Crippen LogP contribution in [0.25, 0.3) is 0 Å². The van der Waals surface area contributed by atoms with Crippen molar-refractivity contribution >= 4 is 11.6 Å². The van der Waals surface area contributed by atoms with Crippen molar-refractivity contribution in [3.05, 3.63) is 24.3 Å². The number of ether oxygens (including phenoxy) is 1. The van der Waals surface area contributed by atoms with E-state index in [1.807, 2.05) is 24.3 Å². The van der Waals surface area contributed by atoms with Crippen molar-refractivity contribution in [1.29, 1.82) is 0 Å². The molecule has 1 atom stereocenters. The molecule has 1 unspecified atom stereocenters. The Bertz CT molecular complexity index is 442. The second-order valence-corrected chi connectivity index (χ2v) is 5.61. The second-order valence-electron chi connectivity index (χ2n) is 5.61. The number of benzene rings is 1. The Hall–Kier alpha value is -1.55. The first-order valence-corrected chi connectivity index (χ1v) is 8.04. The molecule has 4 heteroatoms. The molecule has 1 heterocycles. The summed E-state index contributed by atoms with van der Waals surface area (Å²) in [5, 5.41) is 6.42. The van der Waals surface area contributed by atoms with Gasteiger partial charge in [-0.3, -0.25) is 4.79 Å². The number of nitrogens with one attached hydrogen (secondary N) is 2. The van der Waals surface area contributed by atoms with Crippen LogP contribution in [0.2, 0.25) is 0 Å². The lowest BCUT2D eigenvalue weighted by molar-refractivity contribution is -0.116. The fourth-order valence-electron chi connectivity index (χ4n) is 2.58. The first kappa shape index (κ1) is 15.8. The van der Waals surface area contributed by atoms with Gasteiger partial charge in [-0.2, -0.15) is 0 Å². The van der Waals surface area contributed by atoms with E-state index in [4.69, 9.17) is 4.74 Å². The monoisotopic (exact) mass is 290 g/mol. The Morgan fingerprint density at radius 1 is 1.43 bits per heavy atom. The number of carbonyl (C=O) groups is 1. The van der Waals surface area contributed by atoms with Gasteiger partial charge in [-0.25, -0.2) is 0 Å². The molecule has 0 aliphatic carbocycles. The molecule has 1 aliphatic heterocycles. The normalized spacial score (nSPS) is 18.2. The number of carbonyl (C=O) groups excluding carboxylic acids is 1. The van der Waals surface area contributed by atoms with Crippen LogP contribution in [0.5, 0.6) is 5.75 Å². The van der Waals surface area contributed by atoms with Crippen molar-refractivity contribution < 1.29 is 9.53 Å². The summed E-state index contributed by atoms with van der Waals surface area (Å²) in [6.45, 7) is 3.86. The van der Waals surface area contributed by atoms with Crippen molar-refractivity contribution in [2.24, 2.45) is 0 Å². The molecule has 2 rings (SSSR count). The van der Waals surface area contributed by atoms with E-state index in [0.29, 0.717) is 19.1 Å². The zero-order chi connectivity index (χ0) is 14.9. The fraction of sp³-hybridized carbons (Fsp3) is 0.588. The lowest BCUT2D eigenvalue weighted by Crippen LogP contribution is -2.34. The second kappa shape index (κ2) is 8.67. The third kappa shape index (κ3) is 5.76. The molecule has 0 bridgehead atoms. The van der Waals surface area contributed by atoms with Crippen molar-refractivity contribution in [2.75, 3.05) is 18.5 Å². The van der Waals surface area contributed by atoms with Crippen molar-refractivity contribution in [3.8, 4) is 5.75 Å². The van der Waals surface area contributed by atoms with Gasteiger partial charge >= 0.3 is 0 Å². The maximum Gasteiger partial charge on any atom is 0.224 e. The Morgan fingerprint density at radius 3 is 3.10 bits per heavy atom. The van der Waals surface area contributed by atoms with Crippen LogP contribution < -0.4 is 15.4 Å². The van der Waals surface area contributed by atoms with Gasteiger partial charge in [0.2, 0.25) is 5.91 Å². The average molecular weight is 290 g/mol. The Kier molecular flexibility index (Phi) is 6.54. The average Bonchev–Trinajstić information content (AvgIpc) is 2.52. The molecule has 1 fully saturated rings. The molecular weight excluding hydrogens is 264 g/mol. The van der Waals surface area contributed by atoms with Gasteiger partial charge in [-0.05, 0) is 44.4 Å². The standard InChI is InChI=1S/C17H26N2O2/c1-2-12-21-16-8-5-7-15(13-16)19-17(20)10-9-14-6-3-4-11-18-14/h5,7-8,13-14,18H,2-4,6,9-12H2,1H3,(H,19,20). The smallest absolute Gasteiger partial charge is 0.224 e. The summed E-state index contributed by atoms with van der Waals surface area (Å²) in [5.74, 6) is 0.888. The maximum atomic E-state index is 12.0. The molecule has 1 saturated heterocycles. The molecule has 21 heavy (non-hydrogen) atoms. The molecule has 0 spiro atoms. The maximum absolute atomic E-state index is 12.0. The highest BCUT2D eigenvalue weighted by Crippen LogP contribution is 2.18. The first-order valence-electron chi connectivity index (χ1n) is 8.04. The summed E-state index contributed by atoms with van der Waals surface area (Å²) >= 11 is 0. The van der Waals surface area contributed by atoms with Gasteiger partial charge in [-0.1, -0.05) is 19.4 Å². The summed E-state index contributed by atoms with van der Waals surface area (Å²) in [7, 11) is 0. The van der Waals surface area contributed by atoms with E-state index < -0.39 is 0 Å². The van der Waals surface area contributed by atoms with Gasteiger partial charge < -0.3 is 15.4 Å². The Balaban J connectivity index is 1.76. The van der Waals surface area contributed by atoms with E-state index in [1.54, 1.807) is 0 Å². The topological polar surface area (TPSA) is 50.4 Å². The van der Waals surface area contributed by atoms with Crippen molar-refractivity contribution in [1.82, 2.24) is 5.32 Å². The van der Waals surface area contributed by atoms with Gasteiger partial charge in [0, 0.05) is 24.2 Å². The molecule has 1 aromatic rings. The molecule has 1 aliphatic rings. The van der Waals surface area contributed by atoms with E-state index >= 15 is 0 Å². The van der Waals surface area contributed by atoms with Gasteiger partial charge in [0.25, 0.3) is 0 Å². The predicted octanol–water partition coefficient (Wildman–Crippen LogP) is 3.34. The number of hydrogen-bond donors (Lipinski definition) is 2. The Morgan fingerprint density at radius 2 is 2.33 bits per heavy atom. The minimum Gasteiger partial charge on any atom is -0.494 e. The molecule has 0 saturated carbocycles. The molecule has 0 radical (unpaired) electrons. The number of amides is 1. The Labute approximate surface area is 127 Å². The number of piperidine rings is 1. The lowest BCUT2D eigenvalue weighted by atomic mass is 10.0. The van der Waals surface area contributed by atoms with Crippen LogP contribution in [0, 0.1) is 0 Å². The summed E-state index contributed by atoms with van der Waals surface area (Å²) in [6, 6.07) is 8.10. The van der Waals surface area contributed by atoms with Gasteiger partial charge in [-0.15, -0.1) is 0 Å².